The molecule has 0 spiro atoms. The number of anilines is 2. The summed E-state index contributed by atoms with van der Waals surface area (Å²) in [5, 5.41) is 13.7. The molecule has 3 aromatic rings. The minimum Gasteiger partial charge on any atom is -0.341 e. The molecule has 5 rings (SSSR count). The second-order valence-corrected chi connectivity index (χ2v) is 10.0. The average molecular weight is 467 g/mol. The second kappa shape index (κ2) is 9.95. The minimum atomic E-state index is -0.0300. The molecular weight excluding hydrogens is 440 g/mol. The van der Waals surface area contributed by atoms with Gasteiger partial charge in [-0.05, 0) is 55.5 Å². The van der Waals surface area contributed by atoms with E-state index in [2.05, 4.69) is 36.0 Å². The van der Waals surface area contributed by atoms with E-state index in [4.69, 9.17) is 0 Å². The minimum absolute atomic E-state index is 0.0300. The maximum absolute atomic E-state index is 12.6. The number of carbonyl (C=O) groups is 1. The zero-order valence-electron chi connectivity index (χ0n) is 17.8. The third-order valence-electron chi connectivity index (χ3n) is 5.52. The molecule has 1 aliphatic carbocycles. The SMILES string of the molecule is O=C(CSc1nnc(N2CCCC2)n1C1CC1)Nc1cccc(CSc2ccccn2)c1. The summed E-state index contributed by atoms with van der Waals surface area (Å²) in [5.41, 5.74) is 1.96. The standard InChI is InChI=1S/C23H26N6OS2/c30-20(25-18-7-5-6-17(14-18)15-31-21-8-1-2-11-24-21)16-32-23-27-26-22(28-12-3-4-13-28)29(23)19-9-10-19/h1-2,5-8,11,14,19H,3-4,9-10,12-13,15-16H2,(H,25,30). The van der Waals surface area contributed by atoms with Crippen LogP contribution >= 0.6 is 23.5 Å². The van der Waals surface area contributed by atoms with E-state index in [1.54, 1.807) is 18.0 Å². The summed E-state index contributed by atoms with van der Waals surface area (Å²) in [5.74, 6) is 2.07. The van der Waals surface area contributed by atoms with Crippen LogP contribution in [0.2, 0.25) is 0 Å². The number of thioether (sulfide) groups is 2. The smallest absolute Gasteiger partial charge is 0.234 e. The van der Waals surface area contributed by atoms with E-state index in [0.29, 0.717) is 11.8 Å². The van der Waals surface area contributed by atoms with Crippen molar-refractivity contribution >= 4 is 41.1 Å². The van der Waals surface area contributed by atoms with E-state index in [9.17, 15) is 4.79 Å². The molecule has 2 aliphatic rings. The number of rotatable bonds is 9. The molecule has 0 radical (unpaired) electrons. The van der Waals surface area contributed by atoms with Crippen LogP contribution in [0, 0.1) is 0 Å². The Hall–Kier alpha value is -2.52. The van der Waals surface area contributed by atoms with Crippen LogP contribution in [0.25, 0.3) is 0 Å². The number of benzene rings is 1. The number of hydrogen-bond acceptors (Lipinski definition) is 7. The first-order chi connectivity index (χ1) is 15.8. The number of amides is 1. The number of carbonyl (C=O) groups excluding carboxylic acids is 1. The highest BCUT2D eigenvalue weighted by atomic mass is 32.2. The molecule has 1 aromatic carbocycles. The fraction of sp³-hybridized carbons (Fsp3) is 0.391. The largest absolute Gasteiger partial charge is 0.341 e. The molecule has 1 N–H and O–H groups in total. The van der Waals surface area contributed by atoms with E-state index in [0.717, 1.165) is 46.2 Å². The van der Waals surface area contributed by atoms with E-state index in [1.807, 2.05) is 36.4 Å². The van der Waals surface area contributed by atoms with Gasteiger partial charge in [0.1, 0.15) is 0 Å². The Morgan fingerprint density at radius 3 is 2.72 bits per heavy atom. The summed E-state index contributed by atoms with van der Waals surface area (Å²) < 4.78 is 2.25. The van der Waals surface area contributed by atoms with Gasteiger partial charge in [-0.1, -0.05) is 30.0 Å². The first kappa shape index (κ1) is 21.3. The van der Waals surface area contributed by atoms with Crippen LogP contribution in [0.3, 0.4) is 0 Å². The van der Waals surface area contributed by atoms with Crippen LogP contribution in [0.4, 0.5) is 11.6 Å². The van der Waals surface area contributed by atoms with Crippen LogP contribution in [-0.2, 0) is 10.5 Å². The van der Waals surface area contributed by atoms with Crippen molar-refractivity contribution in [2.24, 2.45) is 0 Å². The summed E-state index contributed by atoms with van der Waals surface area (Å²) in [6, 6.07) is 14.4. The van der Waals surface area contributed by atoms with Crippen molar-refractivity contribution in [1.29, 1.82) is 0 Å². The van der Waals surface area contributed by atoms with Crippen molar-refractivity contribution in [3.63, 3.8) is 0 Å². The number of pyridine rings is 1. The molecule has 1 amide bonds. The number of hydrogen-bond donors (Lipinski definition) is 1. The van der Waals surface area contributed by atoms with Crippen molar-refractivity contribution in [3.8, 4) is 0 Å². The lowest BCUT2D eigenvalue weighted by molar-refractivity contribution is -0.113. The highest BCUT2D eigenvalue weighted by Crippen LogP contribution is 2.41. The molecule has 1 saturated carbocycles. The van der Waals surface area contributed by atoms with E-state index in [1.165, 1.54) is 37.4 Å². The van der Waals surface area contributed by atoms with Gasteiger partial charge in [-0.2, -0.15) is 0 Å². The Morgan fingerprint density at radius 2 is 1.94 bits per heavy atom. The zero-order chi connectivity index (χ0) is 21.8. The quantitative estimate of drug-likeness (QED) is 0.461. The van der Waals surface area contributed by atoms with Gasteiger partial charge < -0.3 is 10.2 Å². The second-order valence-electron chi connectivity index (χ2n) is 8.07. The lowest BCUT2D eigenvalue weighted by atomic mass is 10.2. The number of aromatic nitrogens is 4. The fourth-order valence-corrected chi connectivity index (χ4v) is 5.41. The molecule has 2 aromatic heterocycles. The lowest BCUT2D eigenvalue weighted by Crippen LogP contribution is -2.22. The van der Waals surface area contributed by atoms with Gasteiger partial charge in [0.05, 0.1) is 10.8 Å². The van der Waals surface area contributed by atoms with Crippen LogP contribution in [0.1, 0.15) is 37.3 Å². The highest BCUT2D eigenvalue weighted by Gasteiger charge is 2.32. The fourth-order valence-electron chi connectivity index (χ4n) is 3.81. The Labute approximate surface area is 196 Å². The molecule has 0 atom stereocenters. The first-order valence-electron chi connectivity index (χ1n) is 11.0. The van der Waals surface area contributed by atoms with E-state index < -0.39 is 0 Å². The maximum atomic E-state index is 12.6. The Balaban J connectivity index is 1.17. The topological polar surface area (TPSA) is 75.9 Å². The van der Waals surface area contributed by atoms with E-state index >= 15 is 0 Å². The molecule has 166 valence electrons. The lowest BCUT2D eigenvalue weighted by Gasteiger charge is -2.17. The maximum Gasteiger partial charge on any atom is 0.234 e. The monoisotopic (exact) mass is 466 g/mol. The summed E-state index contributed by atoms with van der Waals surface area (Å²) in [4.78, 5) is 19.3. The molecule has 9 heteroatoms. The molecule has 32 heavy (non-hydrogen) atoms. The molecule has 1 saturated heterocycles. The van der Waals surface area contributed by atoms with Gasteiger partial charge in [0.2, 0.25) is 11.9 Å². The van der Waals surface area contributed by atoms with Gasteiger partial charge in [-0.15, -0.1) is 22.0 Å². The highest BCUT2D eigenvalue weighted by molar-refractivity contribution is 7.99. The number of nitrogens with one attached hydrogen (secondary N) is 1. The van der Waals surface area contributed by atoms with Crippen molar-refractivity contribution < 1.29 is 4.79 Å². The predicted molar refractivity (Wildman–Crippen MR) is 129 cm³/mol. The third kappa shape index (κ3) is 5.27. The van der Waals surface area contributed by atoms with E-state index in [-0.39, 0.29) is 5.91 Å². The van der Waals surface area contributed by atoms with Crippen LogP contribution in [0.15, 0.2) is 58.8 Å². The van der Waals surface area contributed by atoms with Crippen LogP contribution < -0.4 is 10.2 Å². The number of nitrogens with zero attached hydrogens (tertiary/aromatic N) is 5. The summed E-state index contributed by atoms with van der Waals surface area (Å²) in [6.45, 7) is 2.09. The zero-order valence-corrected chi connectivity index (χ0v) is 19.4. The van der Waals surface area contributed by atoms with Gasteiger partial charge in [-0.3, -0.25) is 9.36 Å². The molecule has 2 fully saturated rings. The molecular formula is C23H26N6OS2. The molecule has 7 nitrogen and oxygen atoms in total. The van der Waals surface area contributed by atoms with Gasteiger partial charge in [0.15, 0.2) is 5.16 Å². The Morgan fingerprint density at radius 1 is 1.06 bits per heavy atom. The predicted octanol–water partition coefficient (Wildman–Crippen LogP) is 4.63. The summed E-state index contributed by atoms with van der Waals surface area (Å²) in [7, 11) is 0. The third-order valence-corrected chi connectivity index (χ3v) is 7.47. The normalized spacial score (nSPS) is 15.8. The van der Waals surface area contributed by atoms with Crippen molar-refractivity contribution in [1.82, 2.24) is 19.7 Å². The Bertz CT molecular complexity index is 1060. The van der Waals surface area contributed by atoms with Crippen LogP contribution in [0.5, 0.6) is 0 Å². The summed E-state index contributed by atoms with van der Waals surface area (Å²) >= 11 is 3.15. The molecule has 0 bridgehead atoms. The Kier molecular flexibility index (Phi) is 6.64. The first-order valence-corrected chi connectivity index (χ1v) is 13.0. The van der Waals surface area contributed by atoms with Gasteiger partial charge in [0.25, 0.3) is 0 Å². The van der Waals surface area contributed by atoms with Gasteiger partial charge in [-0.25, -0.2) is 4.98 Å². The molecule has 1 aliphatic heterocycles. The average Bonchev–Trinajstić information content (AvgIpc) is 3.33. The van der Waals surface area contributed by atoms with Crippen molar-refractivity contribution in [2.75, 3.05) is 29.1 Å². The molecule has 0 unspecified atom stereocenters. The van der Waals surface area contributed by atoms with Crippen molar-refractivity contribution in [2.45, 2.75) is 47.7 Å². The van der Waals surface area contributed by atoms with Gasteiger partial charge in [0, 0.05) is 36.8 Å². The van der Waals surface area contributed by atoms with Crippen LogP contribution in [-0.4, -0.2) is 44.5 Å². The van der Waals surface area contributed by atoms with Gasteiger partial charge >= 0.3 is 0 Å². The summed E-state index contributed by atoms with van der Waals surface area (Å²) in [6.07, 6.45) is 6.56. The van der Waals surface area contributed by atoms with Crippen molar-refractivity contribution in [3.05, 3.63) is 54.2 Å². The molecule has 3 heterocycles.